The molecule has 3 rings (SSSR count). The van der Waals surface area contributed by atoms with E-state index in [1.165, 1.54) is 0 Å². The Bertz CT molecular complexity index is 527. The molecule has 0 radical (unpaired) electrons. The topological polar surface area (TPSA) is 53.3 Å². The molecule has 0 N–H and O–H groups in total. The highest BCUT2D eigenvalue weighted by Gasteiger charge is 2.33. The highest BCUT2D eigenvalue weighted by Crippen LogP contribution is 2.28. The number of ether oxygens (including phenoxy) is 1. The Balaban J connectivity index is 1.87. The van der Waals surface area contributed by atoms with Gasteiger partial charge in [0.15, 0.2) is 0 Å². The number of carbonyl (C=O) groups is 1. The van der Waals surface area contributed by atoms with Crippen LogP contribution >= 0.6 is 0 Å². The van der Waals surface area contributed by atoms with E-state index in [1.54, 1.807) is 12.1 Å². The van der Waals surface area contributed by atoms with Gasteiger partial charge in [-0.3, -0.25) is 4.79 Å². The molecule has 1 aromatic carbocycles. The van der Waals surface area contributed by atoms with E-state index in [0.29, 0.717) is 17.7 Å². The van der Waals surface area contributed by atoms with Crippen LogP contribution in [0.25, 0.3) is 0 Å². The van der Waals surface area contributed by atoms with Crippen LogP contribution in [0.3, 0.4) is 0 Å². The van der Waals surface area contributed by atoms with E-state index < -0.39 is 0 Å². The fraction of sp³-hybridized carbons (Fsp3) is 0.429. The van der Waals surface area contributed by atoms with Gasteiger partial charge in [-0.2, -0.15) is 5.26 Å². The fourth-order valence-electron chi connectivity index (χ4n) is 2.68. The predicted molar refractivity (Wildman–Crippen MR) is 64.9 cm³/mol. The summed E-state index contributed by atoms with van der Waals surface area (Å²) in [5, 5.41) is 8.88. The first-order valence-electron chi connectivity index (χ1n) is 6.21. The minimum Gasteiger partial charge on any atom is -0.381 e. The average Bonchev–Trinajstić information content (AvgIpc) is 2.77. The van der Waals surface area contributed by atoms with E-state index in [1.807, 2.05) is 11.0 Å². The molecule has 1 saturated heterocycles. The van der Waals surface area contributed by atoms with Gasteiger partial charge in [-0.1, -0.05) is 6.07 Å². The maximum atomic E-state index is 12.3. The molecule has 4 nitrogen and oxygen atoms in total. The second-order valence-corrected chi connectivity index (χ2v) is 4.76. The van der Waals surface area contributed by atoms with E-state index in [0.717, 1.165) is 31.6 Å². The van der Waals surface area contributed by atoms with Crippen molar-refractivity contribution >= 4 is 5.91 Å². The normalized spacial score (nSPS) is 19.7. The lowest BCUT2D eigenvalue weighted by atomic mass is 10.1. The van der Waals surface area contributed by atoms with Gasteiger partial charge in [-0.25, -0.2) is 0 Å². The summed E-state index contributed by atoms with van der Waals surface area (Å²) in [7, 11) is 0. The first-order valence-corrected chi connectivity index (χ1v) is 6.21. The van der Waals surface area contributed by atoms with Crippen molar-refractivity contribution in [2.24, 2.45) is 0 Å². The molecule has 2 heterocycles. The molecule has 1 amide bonds. The fourth-order valence-corrected chi connectivity index (χ4v) is 2.68. The van der Waals surface area contributed by atoms with Crippen LogP contribution in [0.2, 0.25) is 0 Å². The molecule has 0 unspecified atom stereocenters. The first kappa shape index (κ1) is 11.2. The first-order chi connectivity index (χ1) is 8.79. The second kappa shape index (κ2) is 4.43. The SMILES string of the molecule is N#Cc1ccc2c(c1)C(=O)N(C1CCOCC1)C2. The monoisotopic (exact) mass is 242 g/mol. The number of fused-ring (bicyclic) bond motifs is 1. The van der Waals surface area contributed by atoms with Crippen LogP contribution in [-0.2, 0) is 11.3 Å². The molecule has 2 aliphatic heterocycles. The molecule has 92 valence electrons. The summed E-state index contributed by atoms with van der Waals surface area (Å²) in [5.74, 6) is 0.0639. The van der Waals surface area contributed by atoms with Crippen LogP contribution in [0.4, 0.5) is 0 Å². The summed E-state index contributed by atoms with van der Waals surface area (Å²) in [5.41, 5.74) is 2.28. The zero-order valence-electron chi connectivity index (χ0n) is 10.1. The predicted octanol–water partition coefficient (Wildman–Crippen LogP) is 1.69. The minimum atomic E-state index is 0.0639. The maximum Gasteiger partial charge on any atom is 0.254 e. The lowest BCUT2D eigenvalue weighted by molar-refractivity contribution is 0.0303. The molecule has 1 fully saturated rings. The van der Waals surface area contributed by atoms with Crippen LogP contribution in [0.15, 0.2) is 18.2 Å². The van der Waals surface area contributed by atoms with E-state index in [-0.39, 0.29) is 11.9 Å². The highest BCUT2D eigenvalue weighted by atomic mass is 16.5. The zero-order chi connectivity index (χ0) is 12.5. The van der Waals surface area contributed by atoms with E-state index in [2.05, 4.69) is 6.07 Å². The summed E-state index contributed by atoms with van der Waals surface area (Å²) in [6.07, 6.45) is 1.82. The van der Waals surface area contributed by atoms with E-state index in [4.69, 9.17) is 10.00 Å². The minimum absolute atomic E-state index is 0.0639. The van der Waals surface area contributed by atoms with Gasteiger partial charge >= 0.3 is 0 Å². The highest BCUT2D eigenvalue weighted by molar-refractivity contribution is 5.98. The van der Waals surface area contributed by atoms with Crippen LogP contribution in [0.5, 0.6) is 0 Å². The number of carbonyl (C=O) groups excluding carboxylic acids is 1. The van der Waals surface area contributed by atoms with Crippen molar-refractivity contribution in [2.45, 2.75) is 25.4 Å². The van der Waals surface area contributed by atoms with Crippen LogP contribution in [-0.4, -0.2) is 30.1 Å². The van der Waals surface area contributed by atoms with Gasteiger partial charge in [0.2, 0.25) is 0 Å². The lowest BCUT2D eigenvalue weighted by Gasteiger charge is -2.30. The molecule has 1 aromatic rings. The second-order valence-electron chi connectivity index (χ2n) is 4.76. The molecule has 0 aromatic heterocycles. The third kappa shape index (κ3) is 1.77. The summed E-state index contributed by atoms with van der Waals surface area (Å²) < 4.78 is 5.33. The van der Waals surface area contributed by atoms with Gasteiger partial charge in [-0.15, -0.1) is 0 Å². The molecule has 0 bridgehead atoms. The molecular weight excluding hydrogens is 228 g/mol. The summed E-state index contributed by atoms with van der Waals surface area (Å²) in [6.45, 7) is 2.13. The Labute approximate surface area is 106 Å². The largest absolute Gasteiger partial charge is 0.381 e. The van der Waals surface area contributed by atoms with Crippen molar-refractivity contribution in [3.63, 3.8) is 0 Å². The van der Waals surface area contributed by atoms with Gasteiger partial charge in [0, 0.05) is 31.4 Å². The number of rotatable bonds is 1. The van der Waals surface area contributed by atoms with Gasteiger partial charge in [-0.05, 0) is 30.5 Å². The zero-order valence-corrected chi connectivity index (χ0v) is 10.1. The number of hydrogen-bond donors (Lipinski definition) is 0. The summed E-state index contributed by atoms with van der Waals surface area (Å²) >= 11 is 0. The average molecular weight is 242 g/mol. The van der Waals surface area contributed by atoms with Crippen LogP contribution in [0, 0.1) is 11.3 Å². The summed E-state index contributed by atoms with van der Waals surface area (Å²) in [4.78, 5) is 14.3. The van der Waals surface area contributed by atoms with Crippen molar-refractivity contribution in [3.05, 3.63) is 34.9 Å². The quantitative estimate of drug-likeness (QED) is 0.753. The molecule has 0 aliphatic carbocycles. The van der Waals surface area contributed by atoms with Gasteiger partial charge in [0.25, 0.3) is 5.91 Å². The Hall–Kier alpha value is -1.86. The van der Waals surface area contributed by atoms with Gasteiger partial charge < -0.3 is 9.64 Å². The Kier molecular flexibility index (Phi) is 2.77. The Morgan fingerprint density at radius 2 is 2.11 bits per heavy atom. The van der Waals surface area contributed by atoms with Crippen molar-refractivity contribution in [1.29, 1.82) is 5.26 Å². The standard InChI is InChI=1S/C14H14N2O2/c15-8-10-1-2-11-9-16(14(17)13(11)7-10)12-3-5-18-6-4-12/h1-2,7,12H,3-6,9H2. The van der Waals surface area contributed by atoms with Gasteiger partial charge in [0.1, 0.15) is 0 Å². The number of benzene rings is 1. The number of nitriles is 1. The molecular formula is C14H14N2O2. The maximum absolute atomic E-state index is 12.3. The van der Waals surface area contributed by atoms with Gasteiger partial charge in [0.05, 0.1) is 11.6 Å². The molecule has 2 aliphatic rings. The van der Waals surface area contributed by atoms with Crippen LogP contribution in [0.1, 0.15) is 34.3 Å². The molecule has 18 heavy (non-hydrogen) atoms. The number of amides is 1. The molecule has 0 atom stereocenters. The van der Waals surface area contributed by atoms with E-state index in [9.17, 15) is 4.79 Å². The third-order valence-electron chi connectivity index (χ3n) is 3.70. The van der Waals surface area contributed by atoms with Crippen LogP contribution < -0.4 is 0 Å². The Morgan fingerprint density at radius 3 is 2.83 bits per heavy atom. The summed E-state index contributed by atoms with van der Waals surface area (Å²) in [6, 6.07) is 7.74. The molecule has 0 saturated carbocycles. The lowest BCUT2D eigenvalue weighted by Crippen LogP contribution is -2.39. The van der Waals surface area contributed by atoms with Crippen molar-refractivity contribution in [2.75, 3.05) is 13.2 Å². The molecule has 4 heteroatoms. The molecule has 0 spiro atoms. The smallest absolute Gasteiger partial charge is 0.254 e. The van der Waals surface area contributed by atoms with Crippen molar-refractivity contribution in [1.82, 2.24) is 4.90 Å². The third-order valence-corrected chi connectivity index (χ3v) is 3.70. The van der Waals surface area contributed by atoms with Crippen molar-refractivity contribution in [3.8, 4) is 6.07 Å². The number of nitrogens with zero attached hydrogens (tertiary/aromatic N) is 2. The van der Waals surface area contributed by atoms with Crippen molar-refractivity contribution < 1.29 is 9.53 Å². The van der Waals surface area contributed by atoms with E-state index >= 15 is 0 Å². The Morgan fingerprint density at radius 1 is 1.33 bits per heavy atom. The number of hydrogen-bond acceptors (Lipinski definition) is 3.